The van der Waals surface area contributed by atoms with Crippen molar-refractivity contribution in [1.29, 1.82) is 0 Å². The fraction of sp³-hybridized carbons (Fsp3) is 0.0909. The van der Waals surface area contributed by atoms with Crippen LogP contribution in [0.2, 0.25) is 0 Å². The third-order valence-corrected chi connectivity index (χ3v) is 5.85. The van der Waals surface area contributed by atoms with Gasteiger partial charge in [0.2, 0.25) is 0 Å². The van der Waals surface area contributed by atoms with E-state index in [-0.39, 0.29) is 5.91 Å². The van der Waals surface area contributed by atoms with Gasteiger partial charge in [-0.25, -0.2) is 0 Å². The Morgan fingerprint density at radius 2 is 2.00 bits per heavy atom. The number of aryl methyl sites for hydroxylation is 1. The van der Waals surface area contributed by atoms with Crippen LogP contribution in [0.25, 0.3) is 0 Å². The highest BCUT2D eigenvalue weighted by atomic mass is 127. The van der Waals surface area contributed by atoms with Crippen molar-refractivity contribution in [2.24, 2.45) is 0 Å². The van der Waals surface area contributed by atoms with E-state index in [0.717, 1.165) is 16.4 Å². The molecule has 0 aliphatic heterocycles. The third-order valence-electron chi connectivity index (χ3n) is 2.19. The predicted molar refractivity (Wildman–Crippen MR) is 95.9 cm³/mol. The number of carbonyl (C=O) groups is 1. The SMILES string of the molecule is Cc1cc(NC(=O)c2cc(I)cc(I)c2I)n[nH]1. The molecule has 18 heavy (non-hydrogen) atoms. The van der Waals surface area contributed by atoms with Crippen LogP contribution >= 0.6 is 67.8 Å². The van der Waals surface area contributed by atoms with Gasteiger partial charge in [0.05, 0.1) is 5.56 Å². The van der Waals surface area contributed by atoms with Crippen molar-refractivity contribution in [1.82, 2.24) is 10.2 Å². The van der Waals surface area contributed by atoms with E-state index in [1.54, 1.807) is 6.07 Å². The van der Waals surface area contributed by atoms with E-state index in [1.165, 1.54) is 0 Å². The van der Waals surface area contributed by atoms with Crippen molar-refractivity contribution in [3.63, 3.8) is 0 Å². The highest BCUT2D eigenvalue weighted by Crippen LogP contribution is 2.23. The molecule has 0 unspecified atom stereocenters. The topological polar surface area (TPSA) is 57.8 Å². The lowest BCUT2D eigenvalue weighted by molar-refractivity contribution is 0.102. The largest absolute Gasteiger partial charge is 0.305 e. The van der Waals surface area contributed by atoms with Crippen LogP contribution in [0.15, 0.2) is 18.2 Å². The van der Waals surface area contributed by atoms with Crippen LogP contribution in [0.5, 0.6) is 0 Å². The molecule has 0 fully saturated rings. The minimum atomic E-state index is -0.137. The smallest absolute Gasteiger partial charge is 0.258 e. The summed E-state index contributed by atoms with van der Waals surface area (Å²) in [5.74, 6) is 0.407. The van der Waals surface area contributed by atoms with Gasteiger partial charge >= 0.3 is 0 Å². The average molecular weight is 579 g/mol. The number of benzene rings is 1. The van der Waals surface area contributed by atoms with Crippen LogP contribution in [-0.2, 0) is 0 Å². The first kappa shape index (κ1) is 14.5. The van der Waals surface area contributed by atoms with Gasteiger partial charge < -0.3 is 5.32 Å². The van der Waals surface area contributed by atoms with Gasteiger partial charge in [0.15, 0.2) is 5.82 Å². The molecule has 1 amide bonds. The van der Waals surface area contributed by atoms with Crippen molar-refractivity contribution >= 4 is 79.5 Å². The van der Waals surface area contributed by atoms with E-state index in [9.17, 15) is 4.79 Å². The molecule has 0 atom stereocenters. The number of nitrogens with one attached hydrogen (secondary N) is 2. The van der Waals surface area contributed by atoms with Gasteiger partial charge in [-0.2, -0.15) is 5.10 Å². The van der Waals surface area contributed by atoms with Gasteiger partial charge in [0, 0.05) is 22.5 Å². The molecule has 0 saturated carbocycles. The zero-order chi connectivity index (χ0) is 13.3. The van der Waals surface area contributed by atoms with Crippen LogP contribution in [0.1, 0.15) is 16.1 Å². The summed E-state index contributed by atoms with van der Waals surface area (Å²) in [6.45, 7) is 1.89. The van der Waals surface area contributed by atoms with Crippen molar-refractivity contribution in [3.05, 3.63) is 40.2 Å². The number of anilines is 1. The number of aromatic amines is 1. The second-order valence-electron chi connectivity index (χ2n) is 3.64. The summed E-state index contributed by atoms with van der Waals surface area (Å²) >= 11 is 6.62. The average Bonchev–Trinajstić information content (AvgIpc) is 2.69. The Labute approximate surface area is 145 Å². The number of aromatic nitrogens is 2. The number of rotatable bonds is 2. The zero-order valence-corrected chi connectivity index (χ0v) is 15.7. The first-order valence-corrected chi connectivity index (χ1v) is 8.19. The minimum absolute atomic E-state index is 0.137. The van der Waals surface area contributed by atoms with E-state index < -0.39 is 0 Å². The molecule has 0 saturated heterocycles. The van der Waals surface area contributed by atoms with Crippen LogP contribution in [0.4, 0.5) is 5.82 Å². The number of hydrogen-bond donors (Lipinski definition) is 2. The first-order valence-electron chi connectivity index (χ1n) is 4.95. The standard InChI is InChI=1S/C11H8I3N3O/c1-5-2-9(17-16-5)15-11(18)7-3-6(12)4-8(13)10(7)14/h2-4H,1H3,(H2,15,16,17,18). The highest BCUT2D eigenvalue weighted by Gasteiger charge is 2.14. The minimum Gasteiger partial charge on any atom is -0.305 e. The fourth-order valence-corrected chi connectivity index (χ4v) is 3.79. The Hall–Kier alpha value is 0.0900. The predicted octanol–water partition coefficient (Wildman–Crippen LogP) is 3.78. The highest BCUT2D eigenvalue weighted by molar-refractivity contribution is 14.1. The van der Waals surface area contributed by atoms with Crippen LogP contribution < -0.4 is 5.32 Å². The van der Waals surface area contributed by atoms with Crippen molar-refractivity contribution in [2.75, 3.05) is 5.32 Å². The normalized spacial score (nSPS) is 10.4. The summed E-state index contributed by atoms with van der Waals surface area (Å²) in [7, 11) is 0. The third kappa shape index (κ3) is 3.35. The first-order chi connectivity index (χ1) is 8.47. The lowest BCUT2D eigenvalue weighted by Gasteiger charge is -2.07. The van der Waals surface area contributed by atoms with Crippen LogP contribution in [-0.4, -0.2) is 16.1 Å². The Morgan fingerprint density at radius 1 is 1.28 bits per heavy atom. The summed E-state index contributed by atoms with van der Waals surface area (Å²) in [5, 5.41) is 9.57. The Morgan fingerprint density at radius 3 is 2.61 bits per heavy atom. The van der Waals surface area contributed by atoms with Gasteiger partial charge in [-0.05, 0) is 86.8 Å². The molecule has 0 aliphatic carbocycles. The van der Waals surface area contributed by atoms with E-state index in [1.807, 2.05) is 19.1 Å². The van der Waals surface area contributed by atoms with E-state index in [2.05, 4.69) is 83.3 Å². The second-order valence-corrected chi connectivity index (χ2v) is 7.13. The molecule has 4 nitrogen and oxygen atoms in total. The maximum atomic E-state index is 12.2. The molecule has 0 spiro atoms. The van der Waals surface area contributed by atoms with Gasteiger partial charge in [0.25, 0.3) is 5.91 Å². The maximum Gasteiger partial charge on any atom is 0.258 e. The molecule has 1 aromatic carbocycles. The molecule has 2 aromatic rings. The zero-order valence-electron chi connectivity index (χ0n) is 9.22. The number of nitrogens with zero attached hydrogens (tertiary/aromatic N) is 1. The molecular weight excluding hydrogens is 571 g/mol. The number of H-pyrrole nitrogens is 1. The summed E-state index contributed by atoms with van der Waals surface area (Å²) in [6.07, 6.45) is 0. The number of amides is 1. The van der Waals surface area contributed by atoms with E-state index in [0.29, 0.717) is 11.4 Å². The van der Waals surface area contributed by atoms with Gasteiger partial charge in [-0.1, -0.05) is 0 Å². The molecule has 2 rings (SSSR count). The molecule has 2 N–H and O–H groups in total. The second kappa shape index (κ2) is 6.03. The van der Waals surface area contributed by atoms with E-state index >= 15 is 0 Å². The molecule has 1 heterocycles. The van der Waals surface area contributed by atoms with Gasteiger partial charge in [-0.15, -0.1) is 0 Å². The molecule has 94 valence electrons. The Bertz CT molecular complexity index is 610. The molecular formula is C11H8I3N3O. The van der Waals surface area contributed by atoms with Crippen molar-refractivity contribution < 1.29 is 4.79 Å². The van der Waals surface area contributed by atoms with E-state index in [4.69, 9.17) is 0 Å². The maximum absolute atomic E-state index is 12.2. The quantitative estimate of drug-likeness (QED) is 0.421. The number of halogens is 3. The molecule has 7 heteroatoms. The molecule has 0 bridgehead atoms. The van der Waals surface area contributed by atoms with Gasteiger partial charge in [0.1, 0.15) is 0 Å². The van der Waals surface area contributed by atoms with Crippen molar-refractivity contribution in [3.8, 4) is 0 Å². The molecule has 0 radical (unpaired) electrons. The summed E-state index contributed by atoms with van der Waals surface area (Å²) in [6, 6.07) is 5.71. The molecule has 1 aromatic heterocycles. The van der Waals surface area contributed by atoms with Crippen LogP contribution in [0.3, 0.4) is 0 Å². The fourth-order valence-electron chi connectivity index (χ4n) is 1.39. The Balaban J connectivity index is 2.29. The molecule has 0 aliphatic rings. The lowest BCUT2D eigenvalue weighted by Crippen LogP contribution is -2.14. The summed E-state index contributed by atoms with van der Waals surface area (Å²) in [4.78, 5) is 12.2. The summed E-state index contributed by atoms with van der Waals surface area (Å²) in [5.41, 5.74) is 1.59. The van der Waals surface area contributed by atoms with Crippen LogP contribution in [0, 0.1) is 17.6 Å². The lowest BCUT2D eigenvalue weighted by atomic mass is 10.2. The van der Waals surface area contributed by atoms with Crippen molar-refractivity contribution in [2.45, 2.75) is 6.92 Å². The number of carbonyl (C=O) groups excluding carboxylic acids is 1. The van der Waals surface area contributed by atoms with Gasteiger partial charge in [-0.3, -0.25) is 9.89 Å². The number of hydrogen-bond acceptors (Lipinski definition) is 2. The Kier molecular flexibility index (Phi) is 4.86. The summed E-state index contributed by atoms with van der Waals surface area (Å²) < 4.78 is 3.07. The monoisotopic (exact) mass is 579 g/mol.